The fraction of sp³-hybridized carbons (Fsp3) is 0.250. The molecule has 0 aliphatic rings. The van der Waals surface area contributed by atoms with Crippen molar-refractivity contribution in [3.05, 3.63) is 141 Å². The first-order valence-electron chi connectivity index (χ1n) is 14.0. The van der Waals surface area contributed by atoms with Crippen molar-refractivity contribution in [3.63, 3.8) is 0 Å². The summed E-state index contributed by atoms with van der Waals surface area (Å²) in [6.45, 7) is 10.6. The number of ether oxygens (including phenoxy) is 2. The van der Waals surface area contributed by atoms with Gasteiger partial charge in [-0.1, -0.05) is 82.9 Å². The second-order valence-electron chi connectivity index (χ2n) is 10.9. The molecular weight excluding hydrogens is 526 g/mol. The molecule has 0 heterocycles. The number of nitrogens with zero attached hydrogens (tertiary/aromatic N) is 1. The summed E-state index contributed by atoms with van der Waals surface area (Å²) in [6, 6.07) is 26.8. The van der Waals surface area contributed by atoms with Crippen LogP contribution in [0.1, 0.15) is 72.1 Å². The Labute approximate surface area is 247 Å². The van der Waals surface area contributed by atoms with E-state index in [1.165, 1.54) is 0 Å². The van der Waals surface area contributed by atoms with Crippen LogP contribution in [-0.4, -0.2) is 22.7 Å². The van der Waals surface area contributed by atoms with Crippen LogP contribution in [0.2, 0.25) is 0 Å². The van der Waals surface area contributed by atoms with E-state index in [1.54, 1.807) is 11.8 Å². The zero-order valence-electron chi connectivity index (χ0n) is 24.9. The lowest BCUT2D eigenvalue weighted by Gasteiger charge is -2.21. The SMILES string of the molecule is CC(=O)N(Cc1ccc(COC(=O)c2cc(C)cc(C)c2)cc1)Cc1ccc(COC(=O)c2cc(C)cc(C)c2)cc1. The van der Waals surface area contributed by atoms with Gasteiger partial charge in [-0.25, -0.2) is 9.59 Å². The maximum atomic E-state index is 12.5. The highest BCUT2D eigenvalue weighted by molar-refractivity contribution is 5.90. The van der Waals surface area contributed by atoms with Crippen LogP contribution in [0.25, 0.3) is 0 Å². The first kappa shape index (κ1) is 30.3. The van der Waals surface area contributed by atoms with Crippen molar-refractivity contribution in [1.29, 1.82) is 0 Å². The van der Waals surface area contributed by atoms with E-state index in [-0.39, 0.29) is 31.1 Å². The van der Waals surface area contributed by atoms with E-state index < -0.39 is 0 Å². The number of carbonyl (C=O) groups excluding carboxylic acids is 3. The summed E-state index contributed by atoms with van der Waals surface area (Å²) >= 11 is 0. The Hall–Kier alpha value is -4.71. The van der Waals surface area contributed by atoms with Crippen molar-refractivity contribution in [2.45, 2.75) is 60.9 Å². The number of esters is 2. The normalized spacial score (nSPS) is 10.7. The molecule has 0 atom stereocenters. The summed E-state index contributed by atoms with van der Waals surface area (Å²) in [5.41, 5.74) is 8.88. The van der Waals surface area contributed by atoms with Crippen molar-refractivity contribution in [1.82, 2.24) is 4.90 Å². The lowest BCUT2D eigenvalue weighted by atomic mass is 10.1. The van der Waals surface area contributed by atoms with E-state index in [4.69, 9.17) is 9.47 Å². The zero-order chi connectivity index (χ0) is 30.2. The van der Waals surface area contributed by atoms with Gasteiger partial charge in [-0.3, -0.25) is 4.79 Å². The second-order valence-corrected chi connectivity index (χ2v) is 10.9. The molecule has 0 aliphatic heterocycles. The summed E-state index contributed by atoms with van der Waals surface area (Å²) in [6.07, 6.45) is 0. The number of hydrogen-bond donors (Lipinski definition) is 0. The van der Waals surface area contributed by atoms with Crippen LogP contribution in [0.3, 0.4) is 0 Å². The summed E-state index contributed by atoms with van der Waals surface area (Å²) < 4.78 is 11.0. The Kier molecular flexibility index (Phi) is 9.92. The van der Waals surface area contributed by atoms with E-state index >= 15 is 0 Å². The van der Waals surface area contributed by atoms with Crippen LogP contribution < -0.4 is 0 Å². The monoisotopic (exact) mass is 563 g/mol. The van der Waals surface area contributed by atoms with E-state index in [2.05, 4.69) is 0 Å². The molecule has 0 aliphatic carbocycles. The number of carbonyl (C=O) groups is 3. The van der Waals surface area contributed by atoms with Crippen LogP contribution in [0.4, 0.5) is 0 Å². The van der Waals surface area contributed by atoms with Gasteiger partial charge in [0, 0.05) is 20.0 Å². The molecule has 4 aromatic rings. The number of hydrogen-bond acceptors (Lipinski definition) is 5. The van der Waals surface area contributed by atoms with Gasteiger partial charge in [-0.2, -0.15) is 0 Å². The van der Waals surface area contributed by atoms with E-state index in [1.807, 2.05) is 113 Å². The molecule has 0 spiro atoms. The maximum absolute atomic E-state index is 12.5. The highest BCUT2D eigenvalue weighted by Crippen LogP contribution is 2.16. The number of rotatable bonds is 10. The maximum Gasteiger partial charge on any atom is 0.338 e. The smallest absolute Gasteiger partial charge is 0.338 e. The van der Waals surface area contributed by atoms with Gasteiger partial charge in [0.2, 0.25) is 5.91 Å². The van der Waals surface area contributed by atoms with E-state index in [9.17, 15) is 14.4 Å². The van der Waals surface area contributed by atoms with Gasteiger partial charge < -0.3 is 14.4 Å². The average Bonchev–Trinajstić information content (AvgIpc) is 2.94. The van der Waals surface area contributed by atoms with Gasteiger partial charge in [0.1, 0.15) is 13.2 Å². The van der Waals surface area contributed by atoms with E-state index in [0.717, 1.165) is 44.5 Å². The molecule has 0 unspecified atom stereocenters. The predicted molar refractivity (Wildman–Crippen MR) is 163 cm³/mol. The third-order valence-corrected chi connectivity index (χ3v) is 6.89. The van der Waals surface area contributed by atoms with Gasteiger partial charge in [-0.05, 0) is 74.2 Å². The number of amides is 1. The van der Waals surface area contributed by atoms with Crippen LogP contribution >= 0.6 is 0 Å². The van der Waals surface area contributed by atoms with Gasteiger partial charge in [0.05, 0.1) is 11.1 Å². The van der Waals surface area contributed by atoms with E-state index in [0.29, 0.717) is 24.2 Å². The predicted octanol–water partition coefficient (Wildman–Crippen LogP) is 7.18. The van der Waals surface area contributed by atoms with Crippen molar-refractivity contribution in [2.24, 2.45) is 0 Å². The lowest BCUT2D eigenvalue weighted by molar-refractivity contribution is -0.130. The summed E-state index contributed by atoms with van der Waals surface area (Å²) in [5.74, 6) is -0.730. The molecule has 4 rings (SSSR count). The number of benzene rings is 4. The van der Waals surface area contributed by atoms with Gasteiger partial charge in [-0.15, -0.1) is 0 Å². The molecule has 216 valence electrons. The van der Waals surface area contributed by atoms with Gasteiger partial charge in [0.15, 0.2) is 0 Å². The molecular formula is C36H37NO5. The molecule has 6 nitrogen and oxygen atoms in total. The largest absolute Gasteiger partial charge is 0.457 e. The third kappa shape index (κ3) is 8.64. The van der Waals surface area contributed by atoms with Crippen molar-refractivity contribution in [2.75, 3.05) is 0 Å². The summed E-state index contributed by atoms with van der Waals surface area (Å²) in [7, 11) is 0. The van der Waals surface area contributed by atoms with Crippen LogP contribution in [-0.2, 0) is 40.6 Å². The minimum Gasteiger partial charge on any atom is -0.457 e. The Morgan fingerprint density at radius 3 is 1.14 bits per heavy atom. The molecule has 6 heteroatoms. The molecule has 0 saturated heterocycles. The molecule has 0 fully saturated rings. The van der Waals surface area contributed by atoms with Gasteiger partial charge >= 0.3 is 11.9 Å². The Bertz CT molecular complexity index is 1420. The minimum atomic E-state index is -0.348. The first-order valence-corrected chi connectivity index (χ1v) is 14.0. The zero-order valence-corrected chi connectivity index (χ0v) is 24.9. The molecule has 0 N–H and O–H groups in total. The Morgan fingerprint density at radius 1 is 0.524 bits per heavy atom. The molecule has 0 bridgehead atoms. The molecule has 1 amide bonds. The van der Waals surface area contributed by atoms with Gasteiger partial charge in [0.25, 0.3) is 0 Å². The standard InChI is InChI=1S/C36H37NO5/c1-24-14-25(2)17-33(16-24)35(39)41-22-31-10-6-29(7-11-31)20-37(28(5)38)21-30-8-12-32(13-9-30)23-42-36(40)34-18-26(3)15-27(4)19-34/h6-19H,20-23H2,1-5H3. The van der Waals surface area contributed by atoms with Crippen molar-refractivity contribution in [3.8, 4) is 0 Å². The fourth-order valence-electron chi connectivity index (χ4n) is 4.85. The topological polar surface area (TPSA) is 72.9 Å². The molecule has 0 aromatic heterocycles. The fourth-order valence-corrected chi connectivity index (χ4v) is 4.85. The summed E-state index contributed by atoms with van der Waals surface area (Å²) in [4.78, 5) is 39.1. The lowest BCUT2D eigenvalue weighted by Crippen LogP contribution is -2.27. The number of aryl methyl sites for hydroxylation is 4. The van der Waals surface area contributed by atoms with Crippen molar-refractivity contribution < 1.29 is 23.9 Å². The minimum absolute atomic E-state index is 0.0343. The molecule has 0 radical (unpaired) electrons. The Balaban J connectivity index is 1.29. The molecule has 0 saturated carbocycles. The average molecular weight is 564 g/mol. The van der Waals surface area contributed by atoms with Crippen LogP contribution in [0, 0.1) is 27.7 Å². The molecule has 42 heavy (non-hydrogen) atoms. The Morgan fingerprint density at radius 2 is 0.833 bits per heavy atom. The van der Waals surface area contributed by atoms with Crippen LogP contribution in [0.5, 0.6) is 0 Å². The van der Waals surface area contributed by atoms with Crippen molar-refractivity contribution >= 4 is 17.8 Å². The van der Waals surface area contributed by atoms with Crippen LogP contribution in [0.15, 0.2) is 84.9 Å². The molecule has 4 aromatic carbocycles. The third-order valence-electron chi connectivity index (χ3n) is 6.89. The quantitative estimate of drug-likeness (QED) is 0.191. The summed E-state index contributed by atoms with van der Waals surface area (Å²) in [5, 5.41) is 0. The highest BCUT2D eigenvalue weighted by Gasteiger charge is 2.13. The second kappa shape index (κ2) is 13.8. The first-order chi connectivity index (χ1) is 20.0. The highest BCUT2D eigenvalue weighted by atomic mass is 16.5.